The number of benzene rings is 1. The number of ketones is 1. The molecule has 0 amide bonds. The quantitative estimate of drug-likeness (QED) is 0.622. The Morgan fingerprint density at radius 1 is 1.41 bits per heavy atom. The van der Waals surface area contributed by atoms with Gasteiger partial charge in [0.05, 0.1) is 5.69 Å². The van der Waals surface area contributed by atoms with Crippen molar-refractivity contribution in [3.05, 3.63) is 29.6 Å². The molecule has 91 valence electrons. The van der Waals surface area contributed by atoms with Crippen LogP contribution in [0.25, 0.3) is 0 Å². The molecular formula is C12H14FN2O2. The summed E-state index contributed by atoms with van der Waals surface area (Å²) in [5.41, 5.74) is 2.39. The topological polar surface area (TPSA) is 63.4 Å². The molecule has 0 aromatic heterocycles. The first-order valence-corrected chi connectivity index (χ1v) is 5.59. The smallest absolute Gasteiger partial charge is 0.168 e. The van der Waals surface area contributed by atoms with Gasteiger partial charge >= 0.3 is 0 Å². The predicted molar refractivity (Wildman–Crippen MR) is 60.7 cm³/mol. The molecule has 0 unspecified atom stereocenters. The van der Waals surface area contributed by atoms with E-state index in [0.717, 1.165) is 6.07 Å². The molecule has 0 spiro atoms. The standard InChI is InChI=1S/C12H14FN2O2/c13-9-1-2-11(15-17)10(7-9)12(16)8-3-5-14-6-4-8/h1-2,7-8,15,17H,3-6H2. The van der Waals surface area contributed by atoms with Crippen molar-refractivity contribution < 1.29 is 14.4 Å². The number of hydrogen-bond donors (Lipinski definition) is 2. The summed E-state index contributed by atoms with van der Waals surface area (Å²) in [4.78, 5) is 12.2. The molecule has 1 aromatic carbocycles. The van der Waals surface area contributed by atoms with Crippen LogP contribution in [-0.4, -0.2) is 24.1 Å². The molecular weight excluding hydrogens is 223 g/mol. The lowest BCUT2D eigenvalue weighted by molar-refractivity contribution is 0.0894. The highest BCUT2D eigenvalue weighted by atomic mass is 19.1. The zero-order valence-corrected chi connectivity index (χ0v) is 9.32. The van der Waals surface area contributed by atoms with Gasteiger partial charge in [-0.25, -0.2) is 9.71 Å². The molecule has 2 rings (SSSR count). The molecule has 2 N–H and O–H groups in total. The van der Waals surface area contributed by atoms with Gasteiger partial charge in [-0.15, -0.1) is 0 Å². The van der Waals surface area contributed by atoms with Crippen molar-refractivity contribution in [1.82, 2.24) is 5.32 Å². The summed E-state index contributed by atoms with van der Waals surface area (Å²) in [6.45, 7) is 1.35. The Bertz CT molecular complexity index is 417. The Labute approximate surface area is 98.8 Å². The van der Waals surface area contributed by atoms with Crippen LogP contribution in [-0.2, 0) is 0 Å². The average molecular weight is 237 g/mol. The number of rotatable bonds is 3. The van der Waals surface area contributed by atoms with Crippen LogP contribution < -0.4 is 10.8 Å². The van der Waals surface area contributed by atoms with Crippen LogP contribution in [0.5, 0.6) is 0 Å². The van der Waals surface area contributed by atoms with E-state index in [1.165, 1.54) is 12.1 Å². The van der Waals surface area contributed by atoms with Crippen LogP contribution in [0.1, 0.15) is 23.2 Å². The Morgan fingerprint density at radius 3 is 2.76 bits per heavy atom. The van der Waals surface area contributed by atoms with E-state index in [1.807, 2.05) is 5.48 Å². The first-order valence-electron chi connectivity index (χ1n) is 5.59. The zero-order valence-electron chi connectivity index (χ0n) is 9.32. The zero-order chi connectivity index (χ0) is 12.3. The van der Waals surface area contributed by atoms with Gasteiger partial charge in [0.2, 0.25) is 0 Å². The number of anilines is 1. The normalized spacial score (nSPS) is 16.8. The van der Waals surface area contributed by atoms with Crippen molar-refractivity contribution in [2.24, 2.45) is 5.92 Å². The second-order valence-electron chi connectivity index (χ2n) is 4.11. The summed E-state index contributed by atoms with van der Waals surface area (Å²) in [7, 11) is 0. The van der Waals surface area contributed by atoms with Crippen LogP contribution in [0.2, 0.25) is 0 Å². The van der Waals surface area contributed by atoms with Gasteiger partial charge in [0.15, 0.2) is 5.78 Å². The average Bonchev–Trinajstić information content (AvgIpc) is 2.39. The molecule has 0 atom stereocenters. The molecule has 0 aliphatic carbocycles. The summed E-state index contributed by atoms with van der Waals surface area (Å²) in [6.07, 6.45) is 1.39. The molecule has 17 heavy (non-hydrogen) atoms. The largest absolute Gasteiger partial charge is 0.294 e. The number of hydrogen-bond acceptors (Lipinski definition) is 3. The summed E-state index contributed by atoms with van der Waals surface area (Å²) in [5, 5.41) is 13.1. The third kappa shape index (κ3) is 2.62. The monoisotopic (exact) mass is 237 g/mol. The Hall–Kier alpha value is -1.46. The van der Waals surface area contributed by atoms with Crippen molar-refractivity contribution in [2.75, 3.05) is 18.6 Å². The highest BCUT2D eigenvalue weighted by Crippen LogP contribution is 2.24. The van der Waals surface area contributed by atoms with Crippen molar-refractivity contribution in [2.45, 2.75) is 12.8 Å². The van der Waals surface area contributed by atoms with Crippen LogP contribution in [0.4, 0.5) is 10.1 Å². The van der Waals surface area contributed by atoms with E-state index in [2.05, 4.69) is 5.32 Å². The predicted octanol–water partition coefficient (Wildman–Crippen LogP) is 1.82. The van der Waals surface area contributed by atoms with Crippen LogP contribution >= 0.6 is 0 Å². The number of nitrogens with zero attached hydrogens (tertiary/aromatic N) is 1. The molecule has 0 saturated carbocycles. The Kier molecular flexibility index (Phi) is 3.71. The molecule has 1 aromatic rings. The van der Waals surface area contributed by atoms with E-state index < -0.39 is 5.82 Å². The molecule has 1 saturated heterocycles. The van der Waals surface area contributed by atoms with E-state index in [9.17, 15) is 9.18 Å². The van der Waals surface area contributed by atoms with Gasteiger partial charge in [0.25, 0.3) is 0 Å². The van der Waals surface area contributed by atoms with Gasteiger partial charge in [0.1, 0.15) is 5.82 Å². The van der Waals surface area contributed by atoms with E-state index in [4.69, 9.17) is 5.21 Å². The number of carbonyl (C=O) groups is 1. The maximum atomic E-state index is 13.1. The molecule has 0 bridgehead atoms. The third-order valence-corrected chi connectivity index (χ3v) is 3.01. The molecule has 5 heteroatoms. The van der Waals surface area contributed by atoms with Crippen LogP contribution in [0.3, 0.4) is 0 Å². The van der Waals surface area contributed by atoms with E-state index >= 15 is 0 Å². The number of piperidine rings is 1. The van der Waals surface area contributed by atoms with E-state index in [1.54, 1.807) is 0 Å². The molecule has 1 fully saturated rings. The lowest BCUT2D eigenvalue weighted by Gasteiger charge is -2.21. The molecule has 1 radical (unpaired) electrons. The van der Waals surface area contributed by atoms with E-state index in [0.29, 0.717) is 25.9 Å². The van der Waals surface area contributed by atoms with Crippen molar-refractivity contribution in [3.63, 3.8) is 0 Å². The lowest BCUT2D eigenvalue weighted by Crippen LogP contribution is -2.28. The number of halogens is 1. The minimum atomic E-state index is -0.479. The van der Waals surface area contributed by atoms with Gasteiger partial charge in [-0.05, 0) is 31.0 Å². The highest BCUT2D eigenvalue weighted by molar-refractivity contribution is 6.02. The van der Waals surface area contributed by atoms with Gasteiger partial charge in [-0.1, -0.05) is 0 Å². The van der Waals surface area contributed by atoms with Gasteiger partial charge in [-0.2, -0.15) is 0 Å². The molecule has 1 heterocycles. The molecule has 1 aliphatic heterocycles. The first kappa shape index (κ1) is 12.0. The summed E-state index contributed by atoms with van der Waals surface area (Å²) in [5.74, 6) is -0.731. The maximum Gasteiger partial charge on any atom is 0.168 e. The SMILES string of the molecule is O=C(c1cc(F)ccc1NO)C1CC[N]CC1. The fraction of sp³-hybridized carbons (Fsp3) is 0.417. The van der Waals surface area contributed by atoms with Gasteiger partial charge in [0, 0.05) is 24.6 Å². The maximum absolute atomic E-state index is 13.1. The fourth-order valence-electron chi connectivity index (χ4n) is 2.05. The molecule has 1 aliphatic rings. The number of Topliss-reactive ketones (excluding diaryl/α,β-unsaturated/α-hetero) is 1. The second-order valence-corrected chi connectivity index (χ2v) is 4.11. The van der Waals surface area contributed by atoms with Crippen molar-refractivity contribution in [1.29, 1.82) is 0 Å². The van der Waals surface area contributed by atoms with Crippen LogP contribution in [0, 0.1) is 11.7 Å². The second kappa shape index (κ2) is 5.25. The van der Waals surface area contributed by atoms with Crippen LogP contribution in [0.15, 0.2) is 18.2 Å². The summed E-state index contributed by atoms with van der Waals surface area (Å²) < 4.78 is 13.1. The number of nitrogens with one attached hydrogen (secondary N) is 1. The lowest BCUT2D eigenvalue weighted by atomic mass is 9.89. The minimum absolute atomic E-state index is 0.124. The third-order valence-electron chi connectivity index (χ3n) is 3.01. The van der Waals surface area contributed by atoms with Gasteiger partial charge in [-0.3, -0.25) is 15.5 Å². The Balaban J connectivity index is 2.25. The van der Waals surface area contributed by atoms with E-state index in [-0.39, 0.29) is 23.0 Å². The summed E-state index contributed by atoms with van der Waals surface area (Å²) >= 11 is 0. The van der Waals surface area contributed by atoms with Crippen molar-refractivity contribution >= 4 is 11.5 Å². The van der Waals surface area contributed by atoms with Gasteiger partial charge < -0.3 is 0 Å². The summed E-state index contributed by atoms with van der Waals surface area (Å²) in [6, 6.07) is 3.72. The molecule has 4 nitrogen and oxygen atoms in total. The Morgan fingerprint density at radius 2 is 2.12 bits per heavy atom. The first-order chi connectivity index (χ1) is 8.22. The fourth-order valence-corrected chi connectivity index (χ4v) is 2.05. The highest BCUT2D eigenvalue weighted by Gasteiger charge is 2.24. The minimum Gasteiger partial charge on any atom is -0.294 e. The number of carbonyl (C=O) groups excluding carboxylic acids is 1. The van der Waals surface area contributed by atoms with Crippen molar-refractivity contribution in [3.8, 4) is 0 Å².